The standard InChI is InChI=1S/C21H20ClFN2O3.CH4/c1-12-3-5-16-15(7-8-25(21(16)28)13(2)11-26)20(12)24-19(27)10-14-4-6-17(22)18(23)9-14;/h3-9,13,26H,10-11H2,1-2H3,(H,24,27);1H4/t13-;/m1./s1. The van der Waals surface area contributed by atoms with Crippen molar-refractivity contribution in [3.8, 4) is 0 Å². The predicted molar refractivity (Wildman–Crippen MR) is 115 cm³/mol. The number of halogens is 2. The van der Waals surface area contributed by atoms with E-state index in [0.29, 0.717) is 22.0 Å². The maximum absolute atomic E-state index is 13.6. The van der Waals surface area contributed by atoms with Crippen LogP contribution in [0.3, 0.4) is 0 Å². The van der Waals surface area contributed by atoms with Gasteiger partial charge in [-0.3, -0.25) is 9.59 Å². The number of carbonyl (C=O) groups is 1. The Labute approximate surface area is 173 Å². The molecule has 1 amide bonds. The first-order chi connectivity index (χ1) is 13.3. The number of fused-ring (bicyclic) bond motifs is 1. The first kappa shape index (κ1) is 22.6. The molecule has 0 bridgehead atoms. The second-order valence-corrected chi connectivity index (χ2v) is 7.16. The minimum atomic E-state index is -0.577. The van der Waals surface area contributed by atoms with E-state index >= 15 is 0 Å². The van der Waals surface area contributed by atoms with E-state index in [1.807, 2.05) is 6.92 Å². The molecule has 7 heteroatoms. The van der Waals surface area contributed by atoms with E-state index in [-0.39, 0.29) is 43.0 Å². The van der Waals surface area contributed by atoms with Gasteiger partial charge in [0.05, 0.1) is 29.8 Å². The van der Waals surface area contributed by atoms with Gasteiger partial charge in [0.1, 0.15) is 5.82 Å². The van der Waals surface area contributed by atoms with Gasteiger partial charge in [-0.15, -0.1) is 0 Å². The molecule has 5 nitrogen and oxygen atoms in total. The SMILES string of the molecule is C.Cc1ccc2c(=O)n([C@H](C)CO)ccc2c1NC(=O)Cc1ccc(Cl)c(F)c1. The van der Waals surface area contributed by atoms with E-state index in [2.05, 4.69) is 5.32 Å². The second-order valence-electron chi connectivity index (χ2n) is 6.75. The molecule has 0 radical (unpaired) electrons. The van der Waals surface area contributed by atoms with E-state index in [0.717, 1.165) is 5.56 Å². The quantitative estimate of drug-likeness (QED) is 0.642. The van der Waals surface area contributed by atoms with Crippen LogP contribution in [-0.4, -0.2) is 22.2 Å². The number of aryl methyl sites for hydroxylation is 1. The summed E-state index contributed by atoms with van der Waals surface area (Å²) in [6.07, 6.45) is 1.58. The predicted octanol–water partition coefficient (Wildman–Crippen LogP) is 4.47. The fraction of sp³-hybridized carbons (Fsp3) is 0.273. The molecule has 0 aliphatic heterocycles. The molecule has 1 aromatic heterocycles. The molecule has 3 rings (SSSR count). The highest BCUT2D eigenvalue weighted by Gasteiger charge is 2.14. The maximum Gasteiger partial charge on any atom is 0.258 e. The van der Waals surface area contributed by atoms with Crippen molar-refractivity contribution in [2.45, 2.75) is 33.7 Å². The van der Waals surface area contributed by atoms with Crippen molar-refractivity contribution in [3.05, 3.63) is 74.9 Å². The Morgan fingerprint density at radius 3 is 2.62 bits per heavy atom. The number of nitrogens with one attached hydrogen (secondary N) is 1. The number of nitrogens with zero attached hydrogens (tertiary/aromatic N) is 1. The van der Waals surface area contributed by atoms with Crippen LogP contribution in [0.15, 0.2) is 47.4 Å². The summed E-state index contributed by atoms with van der Waals surface area (Å²) >= 11 is 5.67. The van der Waals surface area contributed by atoms with Gasteiger partial charge in [0, 0.05) is 17.0 Å². The zero-order valence-electron chi connectivity index (χ0n) is 15.5. The molecule has 0 aliphatic rings. The lowest BCUT2D eigenvalue weighted by Gasteiger charge is -2.16. The van der Waals surface area contributed by atoms with Crippen molar-refractivity contribution < 1.29 is 14.3 Å². The highest BCUT2D eigenvalue weighted by Crippen LogP contribution is 2.26. The van der Waals surface area contributed by atoms with Crippen LogP contribution in [0.1, 0.15) is 31.5 Å². The zero-order chi connectivity index (χ0) is 20.4. The highest BCUT2D eigenvalue weighted by molar-refractivity contribution is 6.30. The first-order valence-corrected chi connectivity index (χ1v) is 9.18. The van der Waals surface area contributed by atoms with Gasteiger partial charge in [0.25, 0.3) is 5.56 Å². The van der Waals surface area contributed by atoms with Gasteiger partial charge in [0.2, 0.25) is 5.91 Å². The van der Waals surface area contributed by atoms with Gasteiger partial charge in [-0.05, 0) is 49.2 Å². The van der Waals surface area contributed by atoms with Crippen LogP contribution in [0, 0.1) is 12.7 Å². The summed E-state index contributed by atoms with van der Waals surface area (Å²) in [5, 5.41) is 13.2. The third kappa shape index (κ3) is 4.66. The zero-order valence-corrected chi connectivity index (χ0v) is 16.3. The Bertz CT molecular complexity index is 1110. The van der Waals surface area contributed by atoms with E-state index in [1.54, 1.807) is 37.4 Å². The molecule has 2 aromatic carbocycles. The van der Waals surface area contributed by atoms with Crippen molar-refractivity contribution in [2.75, 3.05) is 11.9 Å². The van der Waals surface area contributed by atoms with Gasteiger partial charge in [-0.1, -0.05) is 31.2 Å². The molecule has 1 atom stereocenters. The number of hydrogen-bond acceptors (Lipinski definition) is 3. The lowest BCUT2D eigenvalue weighted by atomic mass is 10.1. The number of rotatable bonds is 5. The van der Waals surface area contributed by atoms with Crippen LogP contribution in [0.2, 0.25) is 5.02 Å². The van der Waals surface area contributed by atoms with Gasteiger partial charge < -0.3 is 15.0 Å². The Morgan fingerprint density at radius 2 is 1.97 bits per heavy atom. The van der Waals surface area contributed by atoms with Crippen LogP contribution in [0.25, 0.3) is 10.8 Å². The van der Waals surface area contributed by atoms with Gasteiger partial charge in [0.15, 0.2) is 0 Å². The highest BCUT2D eigenvalue weighted by atomic mass is 35.5. The number of amides is 1. The number of aliphatic hydroxyl groups excluding tert-OH is 1. The lowest BCUT2D eigenvalue weighted by molar-refractivity contribution is -0.115. The van der Waals surface area contributed by atoms with E-state index in [9.17, 15) is 19.1 Å². The largest absolute Gasteiger partial charge is 0.394 e. The van der Waals surface area contributed by atoms with Crippen LogP contribution < -0.4 is 10.9 Å². The average molecular weight is 419 g/mol. The van der Waals surface area contributed by atoms with Crippen molar-refractivity contribution in [1.82, 2.24) is 4.57 Å². The van der Waals surface area contributed by atoms with Gasteiger partial charge >= 0.3 is 0 Å². The fourth-order valence-electron chi connectivity index (χ4n) is 3.07. The number of aromatic nitrogens is 1. The second kappa shape index (κ2) is 9.20. The van der Waals surface area contributed by atoms with Crippen LogP contribution in [0.5, 0.6) is 0 Å². The minimum absolute atomic E-state index is 0. The molecule has 1 heterocycles. The monoisotopic (exact) mass is 418 g/mol. The molecule has 0 spiro atoms. The summed E-state index contributed by atoms with van der Waals surface area (Å²) < 4.78 is 15.0. The Morgan fingerprint density at radius 1 is 1.24 bits per heavy atom. The third-order valence-corrected chi connectivity index (χ3v) is 4.98. The molecule has 0 aliphatic carbocycles. The van der Waals surface area contributed by atoms with Crippen molar-refractivity contribution >= 4 is 34.0 Å². The number of hydrogen-bond donors (Lipinski definition) is 2. The van der Waals surface area contributed by atoms with E-state index < -0.39 is 5.82 Å². The number of aliphatic hydroxyl groups is 1. The van der Waals surface area contributed by atoms with Crippen LogP contribution >= 0.6 is 11.6 Å². The first-order valence-electron chi connectivity index (χ1n) is 8.81. The average Bonchev–Trinajstić information content (AvgIpc) is 2.66. The lowest BCUT2D eigenvalue weighted by Crippen LogP contribution is -2.25. The van der Waals surface area contributed by atoms with Crippen molar-refractivity contribution in [1.29, 1.82) is 0 Å². The molecular formula is C22H24ClFN2O3. The van der Waals surface area contributed by atoms with Gasteiger partial charge in [-0.25, -0.2) is 4.39 Å². The molecule has 29 heavy (non-hydrogen) atoms. The topological polar surface area (TPSA) is 71.3 Å². The Hall–Kier alpha value is -2.70. The summed E-state index contributed by atoms with van der Waals surface area (Å²) in [5.74, 6) is -0.905. The minimum Gasteiger partial charge on any atom is -0.394 e. The summed E-state index contributed by atoms with van der Waals surface area (Å²) in [6, 6.07) is 9.09. The van der Waals surface area contributed by atoms with E-state index in [1.165, 1.54) is 16.7 Å². The van der Waals surface area contributed by atoms with Gasteiger partial charge in [-0.2, -0.15) is 0 Å². The fourth-order valence-corrected chi connectivity index (χ4v) is 3.19. The van der Waals surface area contributed by atoms with Crippen molar-refractivity contribution in [3.63, 3.8) is 0 Å². The van der Waals surface area contributed by atoms with Crippen LogP contribution in [0.4, 0.5) is 10.1 Å². The maximum atomic E-state index is 13.6. The smallest absolute Gasteiger partial charge is 0.258 e. The number of carbonyl (C=O) groups excluding carboxylic acids is 1. The molecule has 0 saturated carbocycles. The number of benzene rings is 2. The van der Waals surface area contributed by atoms with E-state index in [4.69, 9.17) is 11.6 Å². The molecule has 3 aromatic rings. The molecule has 2 N–H and O–H groups in total. The summed E-state index contributed by atoms with van der Waals surface area (Å²) in [5.41, 5.74) is 1.60. The normalized spacial score (nSPS) is 11.8. The Kier molecular flexibility index (Phi) is 7.16. The van der Waals surface area contributed by atoms with Crippen molar-refractivity contribution in [2.24, 2.45) is 0 Å². The summed E-state index contributed by atoms with van der Waals surface area (Å²) in [7, 11) is 0. The number of pyridine rings is 1. The Balaban J connectivity index is 0.00000300. The van der Waals surface area contributed by atoms with Crippen LogP contribution in [-0.2, 0) is 11.2 Å². The molecular weight excluding hydrogens is 395 g/mol. The summed E-state index contributed by atoms with van der Waals surface area (Å²) in [4.78, 5) is 25.2. The molecule has 0 unspecified atom stereocenters. The third-order valence-electron chi connectivity index (χ3n) is 4.67. The number of anilines is 1. The molecule has 154 valence electrons. The molecule has 0 fully saturated rings. The summed E-state index contributed by atoms with van der Waals surface area (Å²) in [6.45, 7) is 3.42. The molecule has 0 saturated heterocycles.